The van der Waals surface area contributed by atoms with Crippen molar-refractivity contribution < 1.29 is 13.9 Å². The number of hydrogen-bond acceptors (Lipinski definition) is 3. The highest BCUT2D eigenvalue weighted by molar-refractivity contribution is 5.85. The van der Waals surface area contributed by atoms with Gasteiger partial charge in [0.05, 0.1) is 6.61 Å². The van der Waals surface area contributed by atoms with E-state index >= 15 is 0 Å². The maximum Gasteiger partial charge on any atom is 0.220 e. The molecule has 1 aliphatic heterocycles. The fourth-order valence-electron chi connectivity index (χ4n) is 2.50. The van der Waals surface area contributed by atoms with Gasteiger partial charge in [0, 0.05) is 18.5 Å². The number of carbonyl (C=O) groups is 1. The van der Waals surface area contributed by atoms with Crippen LogP contribution in [0.5, 0.6) is 5.75 Å². The zero-order chi connectivity index (χ0) is 15.1. The standard InChI is InChI=1S/C16H23FN2O2.ClH/c1-12-14(7-4-10-18-12)19-16(20)9-5-11-21-15-8-3-2-6-13(15)17;/h2-3,6,8,12,14,18H,4-5,7,9-11H2,1H3,(H,19,20);1H. The van der Waals surface area contributed by atoms with E-state index in [0.717, 1.165) is 19.4 Å². The molecule has 0 aromatic heterocycles. The first-order valence-electron chi connectivity index (χ1n) is 7.57. The highest BCUT2D eigenvalue weighted by atomic mass is 35.5. The Hall–Kier alpha value is -1.33. The molecular formula is C16H24ClFN2O2. The van der Waals surface area contributed by atoms with E-state index in [0.29, 0.717) is 25.5 Å². The van der Waals surface area contributed by atoms with Crippen LogP contribution < -0.4 is 15.4 Å². The summed E-state index contributed by atoms with van der Waals surface area (Å²) in [4.78, 5) is 11.9. The summed E-state index contributed by atoms with van der Waals surface area (Å²) in [6.45, 7) is 3.45. The molecule has 4 nitrogen and oxygen atoms in total. The first-order chi connectivity index (χ1) is 10.2. The molecule has 1 fully saturated rings. The molecule has 0 bridgehead atoms. The summed E-state index contributed by atoms with van der Waals surface area (Å²) in [6, 6.07) is 6.82. The largest absolute Gasteiger partial charge is 0.491 e. The lowest BCUT2D eigenvalue weighted by atomic mass is 10.00. The highest BCUT2D eigenvalue weighted by Gasteiger charge is 2.21. The van der Waals surface area contributed by atoms with Gasteiger partial charge in [-0.05, 0) is 44.9 Å². The Morgan fingerprint density at radius 2 is 2.23 bits per heavy atom. The fourth-order valence-corrected chi connectivity index (χ4v) is 2.50. The average Bonchev–Trinajstić information content (AvgIpc) is 2.48. The van der Waals surface area contributed by atoms with Gasteiger partial charge in [-0.1, -0.05) is 12.1 Å². The number of para-hydroxylation sites is 1. The van der Waals surface area contributed by atoms with Crippen molar-refractivity contribution in [1.82, 2.24) is 10.6 Å². The van der Waals surface area contributed by atoms with Crippen molar-refractivity contribution >= 4 is 18.3 Å². The third kappa shape index (κ3) is 5.81. The van der Waals surface area contributed by atoms with Crippen molar-refractivity contribution in [3.63, 3.8) is 0 Å². The van der Waals surface area contributed by atoms with Crippen LogP contribution in [0.2, 0.25) is 0 Å². The van der Waals surface area contributed by atoms with Gasteiger partial charge < -0.3 is 15.4 Å². The van der Waals surface area contributed by atoms with Gasteiger partial charge in [0.1, 0.15) is 0 Å². The van der Waals surface area contributed by atoms with E-state index in [1.165, 1.54) is 6.07 Å². The molecule has 1 amide bonds. The van der Waals surface area contributed by atoms with Gasteiger partial charge in [-0.15, -0.1) is 12.4 Å². The molecule has 2 N–H and O–H groups in total. The minimum atomic E-state index is -0.371. The summed E-state index contributed by atoms with van der Waals surface area (Å²) >= 11 is 0. The molecule has 1 heterocycles. The quantitative estimate of drug-likeness (QED) is 0.788. The Balaban J connectivity index is 0.00000242. The van der Waals surface area contributed by atoms with Gasteiger partial charge in [0.2, 0.25) is 5.91 Å². The normalized spacial score (nSPS) is 20.8. The molecule has 1 aliphatic rings. The van der Waals surface area contributed by atoms with Crippen molar-refractivity contribution in [2.45, 2.75) is 44.7 Å². The number of rotatable bonds is 6. The number of amides is 1. The monoisotopic (exact) mass is 330 g/mol. The van der Waals surface area contributed by atoms with Gasteiger partial charge in [-0.3, -0.25) is 4.79 Å². The Morgan fingerprint density at radius 3 is 2.95 bits per heavy atom. The topological polar surface area (TPSA) is 50.4 Å². The van der Waals surface area contributed by atoms with Crippen LogP contribution in [0.15, 0.2) is 24.3 Å². The molecule has 1 aromatic rings. The van der Waals surface area contributed by atoms with Gasteiger partial charge >= 0.3 is 0 Å². The van der Waals surface area contributed by atoms with Crippen LogP contribution in [0, 0.1) is 5.82 Å². The molecule has 22 heavy (non-hydrogen) atoms. The van der Waals surface area contributed by atoms with Crippen molar-refractivity contribution in [2.75, 3.05) is 13.2 Å². The highest BCUT2D eigenvalue weighted by Crippen LogP contribution is 2.15. The van der Waals surface area contributed by atoms with Crippen LogP contribution in [0.4, 0.5) is 4.39 Å². The second-order valence-corrected chi connectivity index (χ2v) is 5.44. The van der Waals surface area contributed by atoms with E-state index in [2.05, 4.69) is 17.6 Å². The molecule has 0 spiro atoms. The second kappa shape index (κ2) is 9.64. The molecule has 2 unspecified atom stereocenters. The minimum Gasteiger partial charge on any atom is -0.491 e. The first kappa shape index (κ1) is 18.7. The molecule has 1 aromatic carbocycles. The number of benzene rings is 1. The third-order valence-corrected chi connectivity index (χ3v) is 3.75. The molecule has 1 saturated heterocycles. The molecule has 2 atom stereocenters. The lowest BCUT2D eigenvalue weighted by molar-refractivity contribution is -0.122. The molecular weight excluding hydrogens is 307 g/mol. The zero-order valence-electron chi connectivity index (χ0n) is 12.8. The van der Waals surface area contributed by atoms with E-state index in [-0.39, 0.29) is 35.9 Å². The number of carbonyl (C=O) groups excluding carboxylic acids is 1. The average molecular weight is 331 g/mol. The summed E-state index contributed by atoms with van der Waals surface area (Å²) in [6.07, 6.45) is 3.09. The predicted octanol–water partition coefficient (Wildman–Crippen LogP) is 2.66. The van der Waals surface area contributed by atoms with E-state index in [1.807, 2.05) is 0 Å². The second-order valence-electron chi connectivity index (χ2n) is 5.44. The molecule has 6 heteroatoms. The van der Waals surface area contributed by atoms with Crippen molar-refractivity contribution in [3.8, 4) is 5.75 Å². The first-order valence-corrected chi connectivity index (χ1v) is 7.57. The Labute approximate surface area is 137 Å². The van der Waals surface area contributed by atoms with Crippen molar-refractivity contribution in [1.29, 1.82) is 0 Å². The van der Waals surface area contributed by atoms with Gasteiger partial charge in [0.25, 0.3) is 0 Å². The van der Waals surface area contributed by atoms with Crippen molar-refractivity contribution in [3.05, 3.63) is 30.1 Å². The molecule has 0 saturated carbocycles. The van der Waals surface area contributed by atoms with Gasteiger partial charge in [-0.25, -0.2) is 4.39 Å². The van der Waals surface area contributed by atoms with E-state index in [4.69, 9.17) is 4.74 Å². The molecule has 124 valence electrons. The Kier molecular flexibility index (Phi) is 8.20. The molecule has 0 radical (unpaired) electrons. The van der Waals surface area contributed by atoms with Gasteiger partial charge in [-0.2, -0.15) is 0 Å². The number of nitrogens with one attached hydrogen (secondary N) is 2. The molecule has 2 rings (SSSR count). The zero-order valence-corrected chi connectivity index (χ0v) is 13.6. The van der Waals surface area contributed by atoms with E-state index < -0.39 is 0 Å². The minimum absolute atomic E-state index is 0. The summed E-state index contributed by atoms with van der Waals surface area (Å²) in [5.41, 5.74) is 0. The summed E-state index contributed by atoms with van der Waals surface area (Å²) in [7, 11) is 0. The lowest BCUT2D eigenvalue weighted by Crippen LogP contribution is -2.51. The summed E-state index contributed by atoms with van der Waals surface area (Å²) in [5, 5.41) is 6.40. The van der Waals surface area contributed by atoms with Gasteiger partial charge in [0.15, 0.2) is 11.6 Å². The Morgan fingerprint density at radius 1 is 1.45 bits per heavy atom. The number of hydrogen-bond donors (Lipinski definition) is 2. The maximum atomic E-state index is 13.3. The van der Waals surface area contributed by atoms with E-state index in [9.17, 15) is 9.18 Å². The smallest absolute Gasteiger partial charge is 0.220 e. The SMILES string of the molecule is CC1NCCCC1NC(=O)CCCOc1ccccc1F.Cl. The third-order valence-electron chi connectivity index (χ3n) is 3.75. The number of piperidine rings is 1. The summed E-state index contributed by atoms with van der Waals surface area (Å²) in [5.74, 6) is -0.0975. The predicted molar refractivity (Wildman–Crippen MR) is 87.0 cm³/mol. The van der Waals surface area contributed by atoms with Crippen LogP contribution in [-0.2, 0) is 4.79 Å². The van der Waals surface area contributed by atoms with Crippen molar-refractivity contribution in [2.24, 2.45) is 0 Å². The van der Waals surface area contributed by atoms with E-state index in [1.54, 1.807) is 18.2 Å². The van der Waals surface area contributed by atoms with Crippen LogP contribution >= 0.6 is 12.4 Å². The maximum absolute atomic E-state index is 13.3. The van der Waals surface area contributed by atoms with Crippen LogP contribution in [-0.4, -0.2) is 31.1 Å². The van der Waals surface area contributed by atoms with Crippen LogP contribution in [0.25, 0.3) is 0 Å². The molecule has 0 aliphatic carbocycles. The fraction of sp³-hybridized carbons (Fsp3) is 0.562. The summed E-state index contributed by atoms with van der Waals surface area (Å²) < 4.78 is 18.6. The lowest BCUT2D eigenvalue weighted by Gasteiger charge is -2.30. The van der Waals surface area contributed by atoms with Crippen LogP contribution in [0.1, 0.15) is 32.6 Å². The Bertz CT molecular complexity index is 473. The van der Waals surface area contributed by atoms with Crippen LogP contribution in [0.3, 0.4) is 0 Å². The number of ether oxygens (including phenoxy) is 1. The number of halogens is 2.